The Bertz CT molecular complexity index is 848. The summed E-state index contributed by atoms with van der Waals surface area (Å²) in [5.74, 6) is 1.08. The highest BCUT2D eigenvalue weighted by atomic mass is 35.5. The maximum absolute atomic E-state index is 11.9. The Morgan fingerprint density at radius 3 is 2.60 bits per heavy atom. The van der Waals surface area contributed by atoms with E-state index in [0.717, 1.165) is 10.5 Å². The van der Waals surface area contributed by atoms with E-state index < -0.39 is 0 Å². The van der Waals surface area contributed by atoms with Gasteiger partial charge in [0.25, 0.3) is 0 Å². The smallest absolute Gasteiger partial charge is 0.246 e. The van der Waals surface area contributed by atoms with Gasteiger partial charge in [0.2, 0.25) is 17.6 Å². The molecule has 0 fully saturated rings. The quantitative estimate of drug-likeness (QED) is 0.658. The molecule has 2 aromatic carbocycles. The fourth-order valence-corrected chi connectivity index (χ4v) is 2.91. The van der Waals surface area contributed by atoms with Gasteiger partial charge in [-0.15, -0.1) is 11.8 Å². The maximum Gasteiger partial charge on any atom is 0.246 e. The molecule has 5 nitrogen and oxygen atoms in total. The van der Waals surface area contributed by atoms with Crippen LogP contribution in [0.15, 0.2) is 57.9 Å². The van der Waals surface area contributed by atoms with Gasteiger partial charge in [0.15, 0.2) is 0 Å². The molecule has 0 saturated carbocycles. The average molecular weight is 374 g/mol. The van der Waals surface area contributed by atoms with Crippen molar-refractivity contribution in [1.82, 2.24) is 15.5 Å². The van der Waals surface area contributed by atoms with Crippen molar-refractivity contribution in [3.8, 4) is 11.4 Å². The van der Waals surface area contributed by atoms with E-state index in [1.165, 1.54) is 17.3 Å². The van der Waals surface area contributed by atoms with Gasteiger partial charge in [-0.2, -0.15) is 4.98 Å². The van der Waals surface area contributed by atoms with Gasteiger partial charge in [0.1, 0.15) is 0 Å². The lowest BCUT2D eigenvalue weighted by Gasteiger charge is -2.03. The van der Waals surface area contributed by atoms with Gasteiger partial charge in [0.05, 0.1) is 12.3 Å². The Kier molecular flexibility index (Phi) is 5.73. The molecule has 0 aliphatic carbocycles. The number of hydrogen-bond donors (Lipinski definition) is 1. The van der Waals surface area contributed by atoms with Crippen LogP contribution in [0.1, 0.15) is 11.5 Å². The summed E-state index contributed by atoms with van der Waals surface area (Å²) in [7, 11) is 0. The Balaban J connectivity index is 1.49. The zero-order valence-electron chi connectivity index (χ0n) is 13.5. The summed E-state index contributed by atoms with van der Waals surface area (Å²) in [5, 5.41) is 7.33. The van der Waals surface area contributed by atoms with Crippen LogP contribution in [0.25, 0.3) is 11.4 Å². The molecule has 0 saturated heterocycles. The van der Waals surface area contributed by atoms with Crippen molar-refractivity contribution in [3.05, 3.63) is 65.0 Å². The molecular formula is C18H16ClN3O2S. The number of nitrogens with zero attached hydrogens (tertiary/aromatic N) is 2. The van der Waals surface area contributed by atoms with Gasteiger partial charge >= 0.3 is 0 Å². The third kappa shape index (κ3) is 5.08. The van der Waals surface area contributed by atoms with Crippen molar-refractivity contribution in [2.75, 3.05) is 5.75 Å². The molecule has 1 heterocycles. The minimum Gasteiger partial charge on any atom is -0.346 e. The van der Waals surface area contributed by atoms with Crippen LogP contribution in [-0.2, 0) is 11.3 Å². The summed E-state index contributed by atoms with van der Waals surface area (Å²) in [6, 6.07) is 15.2. The SMILES string of the molecule is Cc1ccc(SCC(=O)NCc2nc(-c3ccc(Cl)cc3)no2)cc1. The van der Waals surface area contributed by atoms with Crippen molar-refractivity contribution in [3.63, 3.8) is 0 Å². The molecule has 7 heteroatoms. The van der Waals surface area contributed by atoms with Crippen molar-refractivity contribution in [1.29, 1.82) is 0 Å². The van der Waals surface area contributed by atoms with Crippen LogP contribution in [0.3, 0.4) is 0 Å². The molecule has 1 N–H and O–H groups in total. The number of halogens is 1. The van der Waals surface area contributed by atoms with Gasteiger partial charge in [-0.05, 0) is 43.3 Å². The van der Waals surface area contributed by atoms with Gasteiger partial charge in [-0.1, -0.05) is 34.5 Å². The van der Waals surface area contributed by atoms with E-state index >= 15 is 0 Å². The van der Waals surface area contributed by atoms with E-state index in [1.807, 2.05) is 43.3 Å². The minimum atomic E-state index is -0.0863. The maximum atomic E-state index is 11.9. The summed E-state index contributed by atoms with van der Waals surface area (Å²) in [6.45, 7) is 2.23. The third-order valence-electron chi connectivity index (χ3n) is 3.40. The van der Waals surface area contributed by atoms with Crippen LogP contribution < -0.4 is 5.32 Å². The molecule has 3 aromatic rings. The number of hydrogen-bond acceptors (Lipinski definition) is 5. The molecule has 1 aromatic heterocycles. The monoisotopic (exact) mass is 373 g/mol. The Morgan fingerprint density at radius 1 is 1.16 bits per heavy atom. The first-order valence-electron chi connectivity index (χ1n) is 7.65. The molecule has 128 valence electrons. The average Bonchev–Trinajstić information content (AvgIpc) is 3.09. The minimum absolute atomic E-state index is 0.0863. The first-order chi connectivity index (χ1) is 12.1. The summed E-state index contributed by atoms with van der Waals surface area (Å²) in [6.07, 6.45) is 0. The first kappa shape index (κ1) is 17.5. The van der Waals surface area contributed by atoms with Crippen LogP contribution in [0.2, 0.25) is 5.02 Å². The van der Waals surface area contributed by atoms with E-state index in [0.29, 0.717) is 22.5 Å². The second-order valence-electron chi connectivity index (χ2n) is 5.40. The van der Waals surface area contributed by atoms with Crippen LogP contribution in [0.4, 0.5) is 0 Å². The molecule has 0 bridgehead atoms. The lowest BCUT2D eigenvalue weighted by atomic mass is 10.2. The predicted molar refractivity (Wildman–Crippen MR) is 98.5 cm³/mol. The zero-order valence-corrected chi connectivity index (χ0v) is 15.1. The summed E-state index contributed by atoms with van der Waals surface area (Å²) >= 11 is 7.34. The van der Waals surface area contributed by atoms with Crippen LogP contribution >= 0.6 is 23.4 Å². The molecule has 1 amide bonds. The topological polar surface area (TPSA) is 68.0 Å². The lowest BCUT2D eigenvalue weighted by molar-refractivity contribution is -0.118. The van der Waals surface area contributed by atoms with Gasteiger partial charge in [0, 0.05) is 15.5 Å². The number of carbonyl (C=O) groups excluding carboxylic acids is 1. The zero-order chi connectivity index (χ0) is 17.6. The number of rotatable bonds is 6. The highest BCUT2D eigenvalue weighted by Gasteiger charge is 2.10. The first-order valence-corrected chi connectivity index (χ1v) is 9.01. The molecule has 0 spiro atoms. The number of benzene rings is 2. The van der Waals surface area contributed by atoms with E-state index in [4.69, 9.17) is 16.1 Å². The van der Waals surface area contributed by atoms with E-state index in [9.17, 15) is 4.79 Å². The standard InChI is InChI=1S/C18H16ClN3O2S/c1-12-2-8-15(9-3-12)25-11-16(23)20-10-17-21-18(22-24-17)13-4-6-14(19)7-5-13/h2-9H,10-11H2,1H3,(H,20,23). The highest BCUT2D eigenvalue weighted by molar-refractivity contribution is 8.00. The molecule has 0 unspecified atom stereocenters. The number of nitrogens with one attached hydrogen (secondary N) is 1. The van der Waals surface area contributed by atoms with Gasteiger partial charge in [-0.25, -0.2) is 0 Å². The molecular weight excluding hydrogens is 358 g/mol. The molecule has 0 radical (unpaired) electrons. The van der Waals surface area contributed by atoms with Crippen LogP contribution in [0.5, 0.6) is 0 Å². The number of thioether (sulfide) groups is 1. The van der Waals surface area contributed by atoms with Crippen molar-refractivity contribution >= 4 is 29.3 Å². The number of amides is 1. The normalized spacial score (nSPS) is 10.6. The van der Waals surface area contributed by atoms with Crippen molar-refractivity contribution < 1.29 is 9.32 Å². The fraction of sp³-hybridized carbons (Fsp3) is 0.167. The Labute approximate surface area is 154 Å². The fourth-order valence-electron chi connectivity index (χ4n) is 2.05. The largest absolute Gasteiger partial charge is 0.346 e. The summed E-state index contributed by atoms with van der Waals surface area (Å²) in [5.41, 5.74) is 2.00. The number of aromatic nitrogens is 2. The third-order valence-corrected chi connectivity index (χ3v) is 4.66. The van der Waals surface area contributed by atoms with E-state index in [-0.39, 0.29) is 12.5 Å². The molecule has 0 aliphatic heterocycles. The Morgan fingerprint density at radius 2 is 1.88 bits per heavy atom. The lowest BCUT2D eigenvalue weighted by Crippen LogP contribution is -2.24. The van der Waals surface area contributed by atoms with Gasteiger partial charge < -0.3 is 9.84 Å². The predicted octanol–water partition coefficient (Wildman–Crippen LogP) is 4.11. The molecule has 0 aliphatic rings. The molecule has 0 atom stereocenters. The van der Waals surface area contributed by atoms with E-state index in [2.05, 4.69) is 15.5 Å². The molecule has 25 heavy (non-hydrogen) atoms. The summed E-state index contributed by atoms with van der Waals surface area (Å²) < 4.78 is 5.16. The summed E-state index contributed by atoms with van der Waals surface area (Å²) in [4.78, 5) is 17.3. The Hall–Kier alpha value is -2.31. The number of carbonyl (C=O) groups is 1. The number of aryl methyl sites for hydroxylation is 1. The van der Waals surface area contributed by atoms with Gasteiger partial charge in [-0.3, -0.25) is 4.79 Å². The van der Waals surface area contributed by atoms with Crippen molar-refractivity contribution in [2.24, 2.45) is 0 Å². The second-order valence-corrected chi connectivity index (χ2v) is 6.88. The van der Waals surface area contributed by atoms with Crippen molar-refractivity contribution in [2.45, 2.75) is 18.4 Å². The molecule has 3 rings (SSSR count). The van der Waals surface area contributed by atoms with Crippen LogP contribution in [-0.4, -0.2) is 21.8 Å². The second kappa shape index (κ2) is 8.18. The van der Waals surface area contributed by atoms with Crippen LogP contribution in [0, 0.1) is 6.92 Å². The highest BCUT2D eigenvalue weighted by Crippen LogP contribution is 2.19. The van der Waals surface area contributed by atoms with E-state index in [1.54, 1.807) is 12.1 Å².